The number of carbonyl (C=O) groups is 1. The predicted molar refractivity (Wildman–Crippen MR) is 126 cm³/mol. The van der Waals surface area contributed by atoms with Gasteiger partial charge in [0, 0.05) is 10.7 Å². The summed E-state index contributed by atoms with van der Waals surface area (Å²) in [4.78, 5) is 12.1. The van der Waals surface area contributed by atoms with E-state index >= 15 is 0 Å². The molecule has 4 rings (SSSR count). The Bertz CT molecular complexity index is 653. The summed E-state index contributed by atoms with van der Waals surface area (Å²) in [7, 11) is 0. The Balaban J connectivity index is 1.51. The zero-order valence-corrected chi connectivity index (χ0v) is 20.6. The van der Waals surface area contributed by atoms with Gasteiger partial charge in [-0.05, 0) is 85.0 Å². The highest BCUT2D eigenvalue weighted by atomic mass is 32.2. The van der Waals surface area contributed by atoms with Crippen molar-refractivity contribution in [2.45, 2.75) is 98.2 Å². The molecule has 3 aliphatic carbocycles. The highest BCUT2D eigenvalue weighted by Crippen LogP contribution is 2.67. The van der Waals surface area contributed by atoms with E-state index in [9.17, 15) is 4.79 Å². The number of carbonyl (C=O) groups excluding carboxylic acids is 1. The van der Waals surface area contributed by atoms with Crippen LogP contribution in [0.3, 0.4) is 0 Å². The molecule has 1 heterocycles. The van der Waals surface area contributed by atoms with Crippen LogP contribution >= 0.6 is 11.8 Å². The Morgan fingerprint density at radius 2 is 1.90 bits per heavy atom. The lowest BCUT2D eigenvalue weighted by atomic mass is 9.48. The molecule has 1 unspecified atom stereocenters. The Hall–Kier alpha value is -0.240. The van der Waals surface area contributed by atoms with Gasteiger partial charge in [0.25, 0.3) is 0 Å². The smallest absolute Gasteiger partial charge is 0.212 e. The predicted octanol–water partition coefficient (Wildman–Crippen LogP) is 7.75. The van der Waals surface area contributed by atoms with Crippen LogP contribution in [-0.2, 0) is 4.79 Å². The molecule has 0 saturated heterocycles. The van der Waals surface area contributed by atoms with E-state index in [1.807, 2.05) is 6.08 Å². The van der Waals surface area contributed by atoms with Crippen LogP contribution in [0.1, 0.15) is 92.9 Å². The normalized spacial score (nSPS) is 47.6. The number of rotatable bonds is 5. The highest BCUT2D eigenvalue weighted by Gasteiger charge is 2.60. The molecule has 0 aromatic rings. The first kappa shape index (κ1) is 22.0. The third-order valence-corrected chi connectivity index (χ3v) is 11.3. The molecule has 0 aromatic heterocycles. The molecule has 0 amide bonds. The zero-order chi connectivity index (χ0) is 21.0. The minimum absolute atomic E-state index is 0.234. The standard InChI is InChI=1S/C27H44OS/c1-17(2)8-7-9-18(3)20-15-22-25-19(4)14-23-27(6,13-11-24(28)29-23)21(25)10-12-26(22,5)16-20/h11,13,17-23,25H,7-10,12,14-16H2,1-6H3/t18?,19-,20-,21-,22-,23+,25+,26+,27+/m0/s1. The second kappa shape index (κ2) is 8.03. The van der Waals surface area contributed by atoms with E-state index in [2.05, 4.69) is 47.6 Å². The van der Waals surface area contributed by atoms with Crippen LogP contribution in [0.4, 0.5) is 0 Å². The zero-order valence-electron chi connectivity index (χ0n) is 19.7. The number of fused-ring (bicyclic) bond motifs is 5. The molecule has 1 aliphatic heterocycles. The van der Waals surface area contributed by atoms with Gasteiger partial charge in [0.05, 0.1) is 0 Å². The molecule has 164 valence electrons. The van der Waals surface area contributed by atoms with E-state index in [0.717, 1.165) is 41.4 Å². The van der Waals surface area contributed by atoms with E-state index < -0.39 is 0 Å². The van der Waals surface area contributed by atoms with Gasteiger partial charge in [-0.1, -0.05) is 78.6 Å². The monoisotopic (exact) mass is 416 g/mol. The molecule has 3 fully saturated rings. The summed E-state index contributed by atoms with van der Waals surface area (Å²) in [5.74, 6) is 5.98. The van der Waals surface area contributed by atoms with Gasteiger partial charge in [0.2, 0.25) is 5.12 Å². The van der Waals surface area contributed by atoms with Crippen molar-refractivity contribution >= 4 is 16.9 Å². The van der Waals surface area contributed by atoms with Crippen LogP contribution in [0, 0.1) is 52.3 Å². The van der Waals surface area contributed by atoms with Gasteiger partial charge in [-0.25, -0.2) is 0 Å². The summed E-state index contributed by atoms with van der Waals surface area (Å²) in [6.07, 6.45) is 15.4. The summed E-state index contributed by atoms with van der Waals surface area (Å²) in [5.41, 5.74) is 0.801. The fourth-order valence-corrected chi connectivity index (χ4v) is 9.50. The van der Waals surface area contributed by atoms with Crippen LogP contribution in [0.25, 0.3) is 0 Å². The fraction of sp³-hybridized carbons (Fsp3) is 0.889. The topological polar surface area (TPSA) is 17.1 Å². The number of thioether (sulfide) groups is 1. The molecular weight excluding hydrogens is 372 g/mol. The first-order valence-corrected chi connectivity index (χ1v) is 13.4. The van der Waals surface area contributed by atoms with Crippen molar-refractivity contribution in [1.29, 1.82) is 0 Å². The maximum absolute atomic E-state index is 12.1. The second-order valence-corrected chi connectivity index (χ2v) is 13.5. The van der Waals surface area contributed by atoms with Crippen LogP contribution in [0.15, 0.2) is 12.2 Å². The molecule has 29 heavy (non-hydrogen) atoms. The van der Waals surface area contributed by atoms with Gasteiger partial charge in [-0.2, -0.15) is 0 Å². The first-order valence-electron chi connectivity index (χ1n) is 12.5. The van der Waals surface area contributed by atoms with Crippen molar-refractivity contribution in [2.24, 2.45) is 52.3 Å². The van der Waals surface area contributed by atoms with E-state index in [0.29, 0.717) is 10.7 Å². The van der Waals surface area contributed by atoms with E-state index in [4.69, 9.17) is 0 Å². The third-order valence-electron chi connectivity index (χ3n) is 9.95. The summed E-state index contributed by atoms with van der Waals surface area (Å²) < 4.78 is 0. The average molecular weight is 417 g/mol. The average Bonchev–Trinajstić information content (AvgIpc) is 3.00. The van der Waals surface area contributed by atoms with Crippen molar-refractivity contribution < 1.29 is 4.79 Å². The Morgan fingerprint density at radius 3 is 2.62 bits per heavy atom. The highest BCUT2D eigenvalue weighted by molar-refractivity contribution is 8.14. The van der Waals surface area contributed by atoms with E-state index in [-0.39, 0.29) is 10.5 Å². The van der Waals surface area contributed by atoms with Crippen molar-refractivity contribution in [3.63, 3.8) is 0 Å². The molecule has 0 spiro atoms. The lowest BCUT2D eigenvalue weighted by molar-refractivity contribution is -0.108. The third kappa shape index (κ3) is 3.90. The maximum Gasteiger partial charge on any atom is 0.212 e. The van der Waals surface area contributed by atoms with Crippen LogP contribution in [0.5, 0.6) is 0 Å². The minimum atomic E-state index is 0.234. The van der Waals surface area contributed by atoms with Crippen molar-refractivity contribution in [3.8, 4) is 0 Å². The molecule has 9 atom stereocenters. The van der Waals surface area contributed by atoms with Gasteiger partial charge in [-0.15, -0.1) is 0 Å². The largest absolute Gasteiger partial charge is 0.282 e. The molecule has 0 bridgehead atoms. The maximum atomic E-state index is 12.1. The van der Waals surface area contributed by atoms with Gasteiger partial charge >= 0.3 is 0 Å². The molecule has 3 saturated carbocycles. The van der Waals surface area contributed by atoms with Gasteiger partial charge in [0.1, 0.15) is 0 Å². The number of hydrogen-bond acceptors (Lipinski definition) is 2. The fourth-order valence-electron chi connectivity index (χ4n) is 8.17. The Kier molecular flexibility index (Phi) is 6.08. The molecule has 0 radical (unpaired) electrons. The molecular formula is C27H44OS. The SMILES string of the molecule is CC(C)CCCC(C)[C@H]1C[C@H]2[C@@H]3[C@@H](C)C[C@H]4SC(=O)C=C[C@]4(C)[C@H]3CC[C@]2(C)C1. The number of allylic oxidation sites excluding steroid dienone is 1. The van der Waals surface area contributed by atoms with Gasteiger partial charge in [-0.3, -0.25) is 4.79 Å². The summed E-state index contributed by atoms with van der Waals surface area (Å²) in [6, 6.07) is 0. The lowest BCUT2D eigenvalue weighted by Gasteiger charge is -2.60. The quantitative estimate of drug-likeness (QED) is 0.455. The van der Waals surface area contributed by atoms with E-state index in [1.54, 1.807) is 11.8 Å². The van der Waals surface area contributed by atoms with Crippen LogP contribution < -0.4 is 0 Å². The molecule has 2 heteroatoms. The molecule has 0 N–H and O–H groups in total. The summed E-state index contributed by atoms with van der Waals surface area (Å²) in [6.45, 7) is 14.9. The van der Waals surface area contributed by atoms with Gasteiger partial charge < -0.3 is 0 Å². The lowest BCUT2D eigenvalue weighted by Crippen LogP contribution is -2.55. The summed E-state index contributed by atoms with van der Waals surface area (Å²) in [5, 5.41) is 0.794. The Labute approximate surface area is 184 Å². The van der Waals surface area contributed by atoms with Crippen molar-refractivity contribution in [3.05, 3.63) is 12.2 Å². The molecule has 0 aromatic carbocycles. The van der Waals surface area contributed by atoms with Crippen molar-refractivity contribution in [1.82, 2.24) is 0 Å². The Morgan fingerprint density at radius 1 is 1.14 bits per heavy atom. The van der Waals surface area contributed by atoms with Crippen molar-refractivity contribution in [2.75, 3.05) is 0 Å². The minimum Gasteiger partial charge on any atom is -0.282 e. The first-order chi connectivity index (χ1) is 13.6. The van der Waals surface area contributed by atoms with Crippen LogP contribution in [-0.4, -0.2) is 10.4 Å². The molecule has 1 nitrogen and oxygen atoms in total. The summed E-state index contributed by atoms with van der Waals surface area (Å²) >= 11 is 1.64. The van der Waals surface area contributed by atoms with Gasteiger partial charge in [0.15, 0.2) is 0 Å². The van der Waals surface area contributed by atoms with Crippen LogP contribution in [0.2, 0.25) is 0 Å². The van der Waals surface area contributed by atoms with E-state index in [1.165, 1.54) is 51.4 Å². The molecule has 4 aliphatic rings. The number of hydrogen-bond donors (Lipinski definition) is 0. The second-order valence-electron chi connectivity index (χ2n) is 12.3.